The summed E-state index contributed by atoms with van der Waals surface area (Å²) in [6.07, 6.45) is -3.15. The van der Waals surface area contributed by atoms with Gasteiger partial charge < -0.3 is 10.1 Å². The summed E-state index contributed by atoms with van der Waals surface area (Å²) in [5.74, 6) is 0.0152. The van der Waals surface area contributed by atoms with E-state index in [-0.39, 0.29) is 23.8 Å². The van der Waals surface area contributed by atoms with Gasteiger partial charge in [0, 0.05) is 25.3 Å². The molecule has 0 aliphatic carbocycles. The largest absolute Gasteiger partial charge is 0.418 e. The van der Waals surface area contributed by atoms with Gasteiger partial charge in [0.25, 0.3) is 0 Å². The Morgan fingerprint density at radius 3 is 2.32 bits per heavy atom. The number of benzene rings is 3. The number of para-hydroxylation sites is 1. The average molecular weight is 517 g/mol. The third kappa shape index (κ3) is 5.42. The van der Waals surface area contributed by atoms with Gasteiger partial charge in [-0.25, -0.2) is 4.52 Å². The number of hydrogen-bond donors (Lipinski definition) is 1. The van der Waals surface area contributed by atoms with Crippen LogP contribution in [0.5, 0.6) is 0 Å². The van der Waals surface area contributed by atoms with E-state index < -0.39 is 17.8 Å². The van der Waals surface area contributed by atoms with Gasteiger partial charge >= 0.3 is 6.18 Å². The zero-order valence-electron chi connectivity index (χ0n) is 20.3. The molecule has 5 aromatic rings. The van der Waals surface area contributed by atoms with Crippen LogP contribution in [0.25, 0.3) is 16.8 Å². The molecule has 0 aliphatic rings. The van der Waals surface area contributed by atoms with Crippen LogP contribution in [0.15, 0.2) is 97.2 Å². The molecule has 5 rings (SSSR count). The normalized spacial score (nSPS) is 12.4. The highest BCUT2D eigenvalue weighted by atomic mass is 19.4. The summed E-state index contributed by atoms with van der Waals surface area (Å²) >= 11 is 0. The minimum Gasteiger partial charge on any atom is -0.369 e. The topological polar surface area (TPSA) is 68.5 Å². The van der Waals surface area contributed by atoms with Gasteiger partial charge in [0.2, 0.25) is 5.95 Å². The molecule has 2 aromatic heterocycles. The molecule has 2 heterocycles. The summed E-state index contributed by atoms with van der Waals surface area (Å²) in [6, 6.07) is 25.7. The minimum atomic E-state index is -4.50. The molecule has 3 aromatic carbocycles. The van der Waals surface area contributed by atoms with Crippen LogP contribution in [-0.2, 0) is 22.1 Å². The predicted octanol–water partition coefficient (Wildman–Crippen LogP) is 6.66. The van der Waals surface area contributed by atoms with Gasteiger partial charge in [-0.1, -0.05) is 66.7 Å². The monoisotopic (exact) mass is 516 g/mol. The molecule has 0 saturated carbocycles. The van der Waals surface area contributed by atoms with Gasteiger partial charge in [0.15, 0.2) is 11.4 Å². The summed E-state index contributed by atoms with van der Waals surface area (Å²) in [6.45, 7) is 0. The number of halogens is 3. The van der Waals surface area contributed by atoms with E-state index in [1.807, 2.05) is 60.7 Å². The SMILES string of the molecule is COC(C(=O)Cc1ccc(-c2ccc3nc(Nc4ccccc4C(F)(F)F)nn3c2)cc1)c1ccccc1. The van der Waals surface area contributed by atoms with Crippen LogP contribution in [0, 0.1) is 0 Å². The smallest absolute Gasteiger partial charge is 0.369 e. The average Bonchev–Trinajstić information content (AvgIpc) is 3.31. The number of rotatable bonds is 8. The van der Waals surface area contributed by atoms with Crippen molar-refractivity contribution in [2.45, 2.75) is 18.7 Å². The number of aromatic nitrogens is 3. The molecular formula is C29H23F3N4O2. The maximum atomic E-state index is 13.3. The summed E-state index contributed by atoms with van der Waals surface area (Å²) in [4.78, 5) is 17.1. The molecule has 0 fully saturated rings. The van der Waals surface area contributed by atoms with E-state index in [2.05, 4.69) is 15.4 Å². The number of carbonyl (C=O) groups is 1. The highest BCUT2D eigenvalue weighted by molar-refractivity contribution is 5.86. The Morgan fingerprint density at radius 2 is 1.61 bits per heavy atom. The Morgan fingerprint density at radius 1 is 0.921 bits per heavy atom. The number of methoxy groups -OCH3 is 1. The first-order valence-electron chi connectivity index (χ1n) is 11.8. The molecule has 1 unspecified atom stereocenters. The summed E-state index contributed by atoms with van der Waals surface area (Å²) in [5, 5.41) is 6.97. The van der Waals surface area contributed by atoms with Crippen molar-refractivity contribution in [3.63, 3.8) is 0 Å². The molecule has 1 atom stereocenters. The standard InChI is InChI=1S/C29H23F3N4O2/c1-38-27(21-7-3-2-4-8-21)25(37)17-19-11-13-20(14-12-19)22-15-16-26-34-28(35-36(26)18-22)33-24-10-6-5-9-23(24)29(30,31)32/h2-16,18,27H,17H2,1H3,(H,33,35). The number of hydrogen-bond acceptors (Lipinski definition) is 5. The van der Waals surface area contributed by atoms with Crippen LogP contribution >= 0.6 is 0 Å². The minimum absolute atomic E-state index is 0.0392. The summed E-state index contributed by atoms with van der Waals surface area (Å²) in [7, 11) is 1.52. The maximum Gasteiger partial charge on any atom is 0.418 e. The second kappa shape index (κ2) is 10.5. The molecule has 6 nitrogen and oxygen atoms in total. The molecule has 1 N–H and O–H groups in total. The van der Waals surface area contributed by atoms with Crippen molar-refractivity contribution in [3.05, 3.63) is 114 Å². The van der Waals surface area contributed by atoms with E-state index in [9.17, 15) is 18.0 Å². The second-order valence-electron chi connectivity index (χ2n) is 8.69. The zero-order valence-corrected chi connectivity index (χ0v) is 20.3. The van der Waals surface area contributed by atoms with Gasteiger partial charge in [-0.05, 0) is 41.0 Å². The fourth-order valence-electron chi connectivity index (χ4n) is 4.26. The predicted molar refractivity (Wildman–Crippen MR) is 138 cm³/mol. The van der Waals surface area contributed by atoms with Crippen LogP contribution in [0.1, 0.15) is 22.8 Å². The first kappa shape index (κ1) is 25.2. The van der Waals surface area contributed by atoms with E-state index >= 15 is 0 Å². The molecule has 192 valence electrons. The van der Waals surface area contributed by atoms with Crippen LogP contribution in [0.3, 0.4) is 0 Å². The van der Waals surface area contributed by atoms with Crippen LogP contribution in [-0.4, -0.2) is 27.5 Å². The number of ether oxygens (including phenoxy) is 1. The van der Waals surface area contributed by atoms with Gasteiger partial charge in [0.05, 0.1) is 11.3 Å². The Hall–Kier alpha value is -4.50. The van der Waals surface area contributed by atoms with Crippen molar-refractivity contribution in [1.82, 2.24) is 14.6 Å². The third-order valence-corrected chi connectivity index (χ3v) is 6.11. The van der Waals surface area contributed by atoms with Crippen molar-refractivity contribution in [1.29, 1.82) is 0 Å². The highest BCUT2D eigenvalue weighted by Gasteiger charge is 2.33. The number of ketones is 1. The van der Waals surface area contributed by atoms with Crippen molar-refractivity contribution in [3.8, 4) is 11.1 Å². The van der Waals surface area contributed by atoms with Gasteiger partial charge in [-0.2, -0.15) is 18.2 Å². The number of nitrogens with zero attached hydrogens (tertiary/aromatic N) is 3. The van der Waals surface area contributed by atoms with Crippen molar-refractivity contribution in [2.75, 3.05) is 12.4 Å². The zero-order chi connectivity index (χ0) is 26.7. The second-order valence-corrected chi connectivity index (χ2v) is 8.69. The molecule has 38 heavy (non-hydrogen) atoms. The lowest BCUT2D eigenvalue weighted by atomic mass is 9.98. The molecule has 0 aliphatic heterocycles. The summed E-state index contributed by atoms with van der Waals surface area (Å²) in [5.41, 5.74) is 2.96. The first-order chi connectivity index (χ1) is 18.3. The van der Waals surface area contributed by atoms with E-state index in [4.69, 9.17) is 4.74 Å². The lowest BCUT2D eigenvalue weighted by molar-refractivity contribution is -0.137. The van der Waals surface area contributed by atoms with E-state index in [1.165, 1.54) is 29.8 Å². The first-order valence-corrected chi connectivity index (χ1v) is 11.8. The van der Waals surface area contributed by atoms with E-state index in [0.29, 0.717) is 5.65 Å². The fourth-order valence-corrected chi connectivity index (χ4v) is 4.26. The number of nitrogens with one attached hydrogen (secondary N) is 1. The lowest BCUT2D eigenvalue weighted by Crippen LogP contribution is -2.16. The number of anilines is 2. The maximum absolute atomic E-state index is 13.3. The molecule has 0 bridgehead atoms. The Balaban J connectivity index is 1.32. The number of fused-ring (bicyclic) bond motifs is 1. The number of alkyl halides is 3. The lowest BCUT2D eigenvalue weighted by Gasteiger charge is -2.14. The molecular weight excluding hydrogens is 493 g/mol. The number of Topliss-reactive ketones (excluding diaryl/α,β-unsaturated/α-hetero) is 1. The van der Waals surface area contributed by atoms with Gasteiger partial charge in [-0.3, -0.25) is 4.79 Å². The number of carbonyl (C=O) groups excluding carboxylic acids is 1. The van der Waals surface area contributed by atoms with E-state index in [0.717, 1.165) is 28.3 Å². The van der Waals surface area contributed by atoms with Crippen LogP contribution in [0.2, 0.25) is 0 Å². The van der Waals surface area contributed by atoms with Crippen molar-refractivity contribution >= 4 is 23.1 Å². The third-order valence-electron chi connectivity index (χ3n) is 6.11. The molecule has 9 heteroatoms. The Bertz CT molecular complexity index is 1560. The highest BCUT2D eigenvalue weighted by Crippen LogP contribution is 2.35. The molecule has 0 radical (unpaired) electrons. The van der Waals surface area contributed by atoms with E-state index in [1.54, 1.807) is 12.3 Å². The van der Waals surface area contributed by atoms with Crippen LogP contribution in [0.4, 0.5) is 24.8 Å². The Labute approximate surface area is 216 Å². The van der Waals surface area contributed by atoms with Crippen molar-refractivity contribution < 1.29 is 22.7 Å². The Kier molecular flexibility index (Phi) is 6.93. The van der Waals surface area contributed by atoms with Gasteiger partial charge in [-0.15, -0.1) is 5.10 Å². The summed E-state index contributed by atoms with van der Waals surface area (Å²) < 4.78 is 46.9. The van der Waals surface area contributed by atoms with Crippen LogP contribution < -0.4 is 5.32 Å². The fraction of sp³-hybridized carbons (Fsp3) is 0.138. The quantitative estimate of drug-likeness (QED) is 0.250. The molecule has 0 saturated heterocycles. The van der Waals surface area contributed by atoms with Gasteiger partial charge in [0.1, 0.15) is 6.10 Å². The number of pyridine rings is 1. The molecule has 0 spiro atoms. The van der Waals surface area contributed by atoms with Crippen molar-refractivity contribution in [2.24, 2.45) is 0 Å². The molecule has 0 amide bonds.